The molecule has 0 radical (unpaired) electrons. The second-order valence-electron chi connectivity index (χ2n) is 10.0. The van der Waals surface area contributed by atoms with Gasteiger partial charge in [-0.3, -0.25) is 4.40 Å². The molecule has 4 heterocycles. The van der Waals surface area contributed by atoms with E-state index < -0.39 is 23.4 Å². The number of nitrogens with zero attached hydrogens (tertiary/aromatic N) is 6. The first-order valence-electron chi connectivity index (χ1n) is 12.1. The Morgan fingerprint density at radius 1 is 1.10 bits per heavy atom. The molecule has 4 aromatic rings. The van der Waals surface area contributed by atoms with Gasteiger partial charge in [0.05, 0.1) is 16.8 Å². The molecule has 0 atom stereocenters. The van der Waals surface area contributed by atoms with Gasteiger partial charge in [-0.15, -0.1) is 10.2 Å². The minimum Gasteiger partial charge on any atom is -0.444 e. The Labute approximate surface area is 227 Å². The minimum atomic E-state index is -4.53. The second kappa shape index (κ2) is 9.96. The Morgan fingerprint density at radius 2 is 1.90 bits per heavy atom. The Morgan fingerprint density at radius 3 is 2.56 bits per heavy atom. The first kappa shape index (κ1) is 26.6. The average molecular weight is 557 g/mol. The number of benzene rings is 1. The van der Waals surface area contributed by atoms with Crippen molar-refractivity contribution in [3.63, 3.8) is 0 Å². The standard InChI is InChI=1S/C27H24ClF3N6O2/c1-26(2,3)39-25(38)36-11-8-16(9-12-36)23-34-22(18-7-10-32-20(28)14-18)21(24-35-33-15-37(23)24)17-5-4-6-19(13-17)27(29,30)31/h4-8,10,13-15H,9,11-12H2,1-3H3. The third-order valence-corrected chi connectivity index (χ3v) is 6.29. The fourth-order valence-corrected chi connectivity index (χ4v) is 4.52. The van der Waals surface area contributed by atoms with Crippen molar-refractivity contribution in [2.45, 2.75) is 39.0 Å². The molecule has 0 fully saturated rings. The van der Waals surface area contributed by atoms with Gasteiger partial charge in [0.2, 0.25) is 0 Å². The van der Waals surface area contributed by atoms with Crippen LogP contribution in [0.25, 0.3) is 33.6 Å². The Balaban J connectivity index is 1.65. The van der Waals surface area contributed by atoms with Crippen molar-refractivity contribution in [2.24, 2.45) is 0 Å². The lowest BCUT2D eigenvalue weighted by molar-refractivity contribution is -0.137. The van der Waals surface area contributed by atoms with Crippen LogP contribution in [-0.4, -0.2) is 54.2 Å². The lowest BCUT2D eigenvalue weighted by Crippen LogP contribution is -2.39. The molecule has 0 saturated heterocycles. The molecule has 0 N–H and O–H groups in total. The fourth-order valence-electron chi connectivity index (χ4n) is 4.35. The van der Waals surface area contributed by atoms with Crippen LogP contribution in [0.4, 0.5) is 18.0 Å². The zero-order chi connectivity index (χ0) is 27.9. The summed E-state index contributed by atoms with van der Waals surface area (Å²) in [5.74, 6) is 0.512. The maximum absolute atomic E-state index is 13.6. The molecule has 0 aliphatic carbocycles. The summed E-state index contributed by atoms with van der Waals surface area (Å²) in [4.78, 5) is 23.1. The van der Waals surface area contributed by atoms with Crippen LogP contribution in [0, 0.1) is 0 Å². The van der Waals surface area contributed by atoms with E-state index >= 15 is 0 Å². The fraction of sp³-hybridized carbons (Fsp3) is 0.296. The topological polar surface area (TPSA) is 85.5 Å². The van der Waals surface area contributed by atoms with Crippen molar-refractivity contribution in [3.05, 3.63) is 71.5 Å². The van der Waals surface area contributed by atoms with E-state index in [2.05, 4.69) is 15.2 Å². The second-order valence-corrected chi connectivity index (χ2v) is 10.4. The zero-order valence-electron chi connectivity index (χ0n) is 21.3. The third-order valence-electron chi connectivity index (χ3n) is 6.08. The van der Waals surface area contributed by atoms with E-state index in [-0.39, 0.29) is 10.7 Å². The molecule has 1 amide bonds. The van der Waals surface area contributed by atoms with Gasteiger partial charge < -0.3 is 9.64 Å². The molecule has 0 saturated carbocycles. The van der Waals surface area contributed by atoms with Crippen LogP contribution in [-0.2, 0) is 10.9 Å². The molecule has 8 nitrogen and oxygen atoms in total. The Hall–Kier alpha value is -3.99. The third kappa shape index (κ3) is 5.58. The molecule has 0 bridgehead atoms. The lowest BCUT2D eigenvalue weighted by Gasteiger charge is -2.29. The van der Waals surface area contributed by atoms with Crippen molar-refractivity contribution < 1.29 is 22.7 Å². The first-order chi connectivity index (χ1) is 18.4. The number of halogens is 4. The summed E-state index contributed by atoms with van der Waals surface area (Å²) >= 11 is 6.17. The zero-order valence-corrected chi connectivity index (χ0v) is 22.1. The molecule has 12 heteroatoms. The van der Waals surface area contributed by atoms with Gasteiger partial charge in [-0.25, -0.2) is 14.8 Å². The van der Waals surface area contributed by atoms with Crippen molar-refractivity contribution in [3.8, 4) is 22.4 Å². The van der Waals surface area contributed by atoms with Crippen LogP contribution in [0.15, 0.2) is 55.0 Å². The first-order valence-corrected chi connectivity index (χ1v) is 12.5. The molecule has 1 aliphatic heterocycles. The van der Waals surface area contributed by atoms with Gasteiger partial charge in [-0.05, 0) is 62.6 Å². The summed E-state index contributed by atoms with van der Waals surface area (Å²) in [5, 5.41) is 8.52. The van der Waals surface area contributed by atoms with Crippen LogP contribution in [0.2, 0.25) is 5.15 Å². The summed E-state index contributed by atoms with van der Waals surface area (Å²) in [5.41, 5.74) is 1.34. The van der Waals surface area contributed by atoms with Crippen molar-refractivity contribution in [1.29, 1.82) is 0 Å². The normalized spacial score (nSPS) is 14.4. The summed E-state index contributed by atoms with van der Waals surface area (Å²) in [6.07, 6.45) is 0.384. The van der Waals surface area contributed by atoms with Gasteiger partial charge in [0, 0.05) is 24.8 Å². The highest BCUT2D eigenvalue weighted by Gasteiger charge is 2.32. The SMILES string of the molecule is CC(C)(C)OC(=O)N1CC=C(c2nc(-c3ccnc(Cl)c3)c(-c3cccc(C(F)(F)F)c3)c3nncn23)CC1. The van der Waals surface area contributed by atoms with E-state index in [4.69, 9.17) is 21.3 Å². The number of fused-ring (bicyclic) bond motifs is 1. The molecule has 39 heavy (non-hydrogen) atoms. The molecule has 1 aliphatic rings. The van der Waals surface area contributed by atoms with E-state index in [0.717, 1.165) is 17.7 Å². The van der Waals surface area contributed by atoms with E-state index in [1.54, 1.807) is 27.5 Å². The lowest BCUT2D eigenvalue weighted by atomic mass is 9.98. The van der Waals surface area contributed by atoms with Crippen molar-refractivity contribution >= 4 is 28.9 Å². The van der Waals surface area contributed by atoms with Gasteiger partial charge in [0.1, 0.15) is 22.9 Å². The van der Waals surface area contributed by atoms with Crippen LogP contribution in [0.1, 0.15) is 38.6 Å². The van der Waals surface area contributed by atoms with Crippen molar-refractivity contribution in [1.82, 2.24) is 29.5 Å². The van der Waals surface area contributed by atoms with Gasteiger partial charge in [-0.1, -0.05) is 29.8 Å². The number of ether oxygens (including phenoxy) is 1. The largest absolute Gasteiger partial charge is 0.444 e. The van der Waals surface area contributed by atoms with Gasteiger partial charge >= 0.3 is 12.3 Å². The number of carbonyl (C=O) groups excluding carboxylic acids is 1. The highest BCUT2D eigenvalue weighted by Crippen LogP contribution is 2.39. The van der Waals surface area contributed by atoms with Crippen LogP contribution < -0.4 is 0 Å². The van der Waals surface area contributed by atoms with E-state index in [1.165, 1.54) is 18.6 Å². The van der Waals surface area contributed by atoms with E-state index in [0.29, 0.717) is 47.8 Å². The molecular weight excluding hydrogens is 533 g/mol. The number of amides is 1. The molecule has 1 aromatic carbocycles. The van der Waals surface area contributed by atoms with E-state index in [1.807, 2.05) is 26.8 Å². The average Bonchev–Trinajstić information content (AvgIpc) is 3.36. The summed E-state index contributed by atoms with van der Waals surface area (Å²) < 4.78 is 47.9. The Kier molecular flexibility index (Phi) is 6.79. The van der Waals surface area contributed by atoms with Crippen LogP contribution in [0.5, 0.6) is 0 Å². The molecule has 202 valence electrons. The Bertz CT molecular complexity index is 1590. The van der Waals surface area contributed by atoms with Crippen molar-refractivity contribution in [2.75, 3.05) is 13.1 Å². The number of rotatable bonds is 3. The van der Waals surface area contributed by atoms with E-state index in [9.17, 15) is 18.0 Å². The summed E-state index contributed by atoms with van der Waals surface area (Å²) in [6.45, 7) is 6.13. The number of hydrogen-bond acceptors (Lipinski definition) is 6. The van der Waals surface area contributed by atoms with Gasteiger partial charge in [0.25, 0.3) is 0 Å². The molecule has 5 rings (SSSR count). The van der Waals surface area contributed by atoms with Crippen LogP contribution >= 0.6 is 11.6 Å². The summed E-state index contributed by atoms with van der Waals surface area (Å²) in [7, 11) is 0. The molecular formula is C27H24ClF3N6O2. The monoisotopic (exact) mass is 556 g/mol. The number of aromatic nitrogens is 5. The van der Waals surface area contributed by atoms with Gasteiger partial charge in [-0.2, -0.15) is 13.2 Å². The molecule has 0 spiro atoms. The highest BCUT2D eigenvalue weighted by molar-refractivity contribution is 6.29. The van der Waals surface area contributed by atoms with Gasteiger partial charge in [0.15, 0.2) is 5.65 Å². The number of carbonyl (C=O) groups is 1. The predicted octanol–water partition coefficient (Wildman–Crippen LogP) is 6.55. The maximum Gasteiger partial charge on any atom is 0.416 e. The number of pyridine rings is 1. The number of alkyl halides is 3. The van der Waals surface area contributed by atoms with Crippen LogP contribution in [0.3, 0.4) is 0 Å². The summed E-state index contributed by atoms with van der Waals surface area (Å²) in [6, 6.07) is 8.27. The maximum atomic E-state index is 13.6. The number of hydrogen-bond donors (Lipinski definition) is 0. The molecule has 0 unspecified atom stereocenters. The minimum absolute atomic E-state index is 0.206. The predicted molar refractivity (Wildman–Crippen MR) is 140 cm³/mol. The molecule has 3 aromatic heterocycles. The smallest absolute Gasteiger partial charge is 0.416 e. The quantitative estimate of drug-likeness (QED) is 0.266. The highest BCUT2D eigenvalue weighted by atomic mass is 35.5.